The highest BCUT2D eigenvalue weighted by Gasteiger charge is 2.37. The molecule has 2 saturated heterocycles. The number of benzene rings is 1. The molecule has 2 aliphatic heterocycles. The van der Waals surface area contributed by atoms with Crippen LogP contribution in [-0.2, 0) is 4.79 Å². The van der Waals surface area contributed by atoms with Crippen LogP contribution in [0.1, 0.15) is 23.2 Å². The molecule has 0 aliphatic carbocycles. The molecule has 1 atom stereocenters. The Hall–Kier alpha value is -2.44. The van der Waals surface area contributed by atoms with Gasteiger partial charge in [0.1, 0.15) is 0 Å². The number of piperazine rings is 1. The van der Waals surface area contributed by atoms with E-state index in [1.165, 1.54) is 21.3 Å². The van der Waals surface area contributed by atoms with Crippen LogP contribution in [0.4, 0.5) is 0 Å². The van der Waals surface area contributed by atoms with Crippen LogP contribution in [0.5, 0.6) is 17.2 Å². The number of methoxy groups -OCH3 is 3. The highest BCUT2D eigenvalue weighted by atomic mass is 16.5. The van der Waals surface area contributed by atoms with E-state index in [-0.39, 0.29) is 17.9 Å². The first-order valence-electron chi connectivity index (χ1n) is 7.97. The SMILES string of the molecule is COc1cc(C(=O)N2CCN3C(=O)CC[C@H]3C2)cc(OC)c1OC. The topological polar surface area (TPSA) is 68.3 Å². The Morgan fingerprint density at radius 2 is 1.75 bits per heavy atom. The van der Waals surface area contributed by atoms with Gasteiger partial charge in [-0.1, -0.05) is 0 Å². The van der Waals surface area contributed by atoms with Gasteiger partial charge in [0.2, 0.25) is 11.7 Å². The number of hydrogen-bond acceptors (Lipinski definition) is 5. The molecule has 2 amide bonds. The Kier molecular flexibility index (Phi) is 4.51. The number of rotatable bonds is 4. The summed E-state index contributed by atoms with van der Waals surface area (Å²) in [7, 11) is 4.57. The maximum Gasteiger partial charge on any atom is 0.254 e. The molecular weight excluding hydrogens is 312 g/mol. The smallest absolute Gasteiger partial charge is 0.254 e. The first kappa shape index (κ1) is 16.4. The number of carbonyl (C=O) groups excluding carboxylic acids is 2. The zero-order valence-corrected chi connectivity index (χ0v) is 14.2. The number of carbonyl (C=O) groups is 2. The van der Waals surface area contributed by atoms with Gasteiger partial charge in [-0.2, -0.15) is 0 Å². The minimum absolute atomic E-state index is 0.0896. The van der Waals surface area contributed by atoms with Crippen molar-refractivity contribution in [1.29, 1.82) is 0 Å². The van der Waals surface area contributed by atoms with Crippen LogP contribution in [0.2, 0.25) is 0 Å². The zero-order chi connectivity index (χ0) is 17.3. The third kappa shape index (κ3) is 2.74. The summed E-state index contributed by atoms with van der Waals surface area (Å²) in [6.45, 7) is 1.71. The monoisotopic (exact) mass is 334 g/mol. The van der Waals surface area contributed by atoms with Gasteiger partial charge >= 0.3 is 0 Å². The van der Waals surface area contributed by atoms with E-state index in [1.54, 1.807) is 17.0 Å². The van der Waals surface area contributed by atoms with Gasteiger partial charge in [-0.15, -0.1) is 0 Å². The van der Waals surface area contributed by atoms with E-state index in [1.807, 2.05) is 4.90 Å². The molecule has 0 N–H and O–H groups in total. The molecule has 0 aromatic heterocycles. The Bertz CT molecular complexity index is 635. The maximum atomic E-state index is 12.9. The highest BCUT2D eigenvalue weighted by molar-refractivity contribution is 5.96. The van der Waals surface area contributed by atoms with Crippen LogP contribution in [0.15, 0.2) is 12.1 Å². The lowest BCUT2D eigenvalue weighted by Gasteiger charge is -2.37. The van der Waals surface area contributed by atoms with Crippen molar-refractivity contribution < 1.29 is 23.8 Å². The summed E-state index contributed by atoms with van der Waals surface area (Å²) in [5.41, 5.74) is 0.488. The predicted octanol–water partition coefficient (Wildman–Crippen LogP) is 1.16. The molecule has 7 nitrogen and oxygen atoms in total. The average molecular weight is 334 g/mol. The Morgan fingerprint density at radius 1 is 1.08 bits per heavy atom. The molecule has 0 bridgehead atoms. The lowest BCUT2D eigenvalue weighted by atomic mass is 10.1. The van der Waals surface area contributed by atoms with Crippen molar-refractivity contribution in [2.45, 2.75) is 18.9 Å². The third-order valence-corrected chi connectivity index (χ3v) is 4.69. The predicted molar refractivity (Wildman–Crippen MR) is 86.7 cm³/mol. The summed E-state index contributed by atoms with van der Waals surface area (Å²) in [6, 6.07) is 3.46. The third-order valence-electron chi connectivity index (χ3n) is 4.69. The number of nitrogens with zero attached hydrogens (tertiary/aromatic N) is 2. The second kappa shape index (κ2) is 6.59. The summed E-state index contributed by atoms with van der Waals surface area (Å²) in [5.74, 6) is 1.47. The molecule has 3 rings (SSSR count). The van der Waals surface area contributed by atoms with Crippen LogP contribution < -0.4 is 14.2 Å². The van der Waals surface area contributed by atoms with Crippen molar-refractivity contribution in [2.24, 2.45) is 0 Å². The summed E-state index contributed by atoms with van der Waals surface area (Å²) in [6.07, 6.45) is 1.40. The molecule has 2 aliphatic rings. The van der Waals surface area contributed by atoms with E-state index in [0.29, 0.717) is 48.9 Å². The Balaban J connectivity index is 1.84. The van der Waals surface area contributed by atoms with Crippen molar-refractivity contribution >= 4 is 11.8 Å². The summed E-state index contributed by atoms with van der Waals surface area (Å²) in [4.78, 5) is 28.3. The molecule has 7 heteroatoms. The standard InChI is InChI=1S/C17H22N2O5/c1-22-13-8-11(9-14(23-2)16(13)24-3)17(21)18-6-7-19-12(10-18)4-5-15(19)20/h8-9,12H,4-7,10H2,1-3H3/t12-/m0/s1. The molecule has 24 heavy (non-hydrogen) atoms. The summed E-state index contributed by atoms with van der Waals surface area (Å²) >= 11 is 0. The van der Waals surface area contributed by atoms with Crippen molar-refractivity contribution in [3.05, 3.63) is 17.7 Å². The van der Waals surface area contributed by atoms with Crippen molar-refractivity contribution in [3.63, 3.8) is 0 Å². The molecule has 1 aromatic rings. The van der Waals surface area contributed by atoms with Crippen LogP contribution in [0.25, 0.3) is 0 Å². The normalized spacial score (nSPS) is 20.0. The van der Waals surface area contributed by atoms with E-state index in [0.717, 1.165) is 6.42 Å². The molecule has 130 valence electrons. The van der Waals surface area contributed by atoms with Gasteiger partial charge in [-0.05, 0) is 18.6 Å². The zero-order valence-electron chi connectivity index (χ0n) is 14.2. The van der Waals surface area contributed by atoms with E-state index in [2.05, 4.69) is 0 Å². The molecule has 0 radical (unpaired) electrons. The quantitative estimate of drug-likeness (QED) is 0.826. The van der Waals surface area contributed by atoms with E-state index < -0.39 is 0 Å². The van der Waals surface area contributed by atoms with Gasteiger partial charge in [0.15, 0.2) is 11.5 Å². The van der Waals surface area contributed by atoms with Crippen molar-refractivity contribution in [2.75, 3.05) is 41.0 Å². The fourth-order valence-corrected chi connectivity index (χ4v) is 3.44. The lowest BCUT2D eigenvalue weighted by molar-refractivity contribution is -0.130. The highest BCUT2D eigenvalue weighted by Crippen LogP contribution is 2.38. The largest absolute Gasteiger partial charge is 0.493 e. The van der Waals surface area contributed by atoms with Crippen molar-refractivity contribution in [1.82, 2.24) is 9.80 Å². The number of amides is 2. The molecule has 0 saturated carbocycles. The second-order valence-corrected chi connectivity index (χ2v) is 5.94. The molecule has 2 fully saturated rings. The van der Waals surface area contributed by atoms with Gasteiger partial charge in [0.05, 0.1) is 21.3 Å². The van der Waals surface area contributed by atoms with E-state index in [4.69, 9.17) is 14.2 Å². The minimum Gasteiger partial charge on any atom is -0.493 e. The number of hydrogen-bond donors (Lipinski definition) is 0. The van der Waals surface area contributed by atoms with Gasteiger partial charge in [-0.25, -0.2) is 0 Å². The second-order valence-electron chi connectivity index (χ2n) is 5.94. The van der Waals surface area contributed by atoms with Crippen LogP contribution in [0.3, 0.4) is 0 Å². The van der Waals surface area contributed by atoms with Crippen LogP contribution >= 0.6 is 0 Å². The summed E-state index contributed by atoms with van der Waals surface area (Å²) < 4.78 is 15.9. The maximum absolute atomic E-state index is 12.9. The number of fused-ring (bicyclic) bond motifs is 1. The van der Waals surface area contributed by atoms with Gasteiger partial charge in [0, 0.05) is 37.7 Å². The molecule has 0 unspecified atom stereocenters. The first-order chi connectivity index (χ1) is 11.6. The van der Waals surface area contributed by atoms with E-state index >= 15 is 0 Å². The fourth-order valence-electron chi connectivity index (χ4n) is 3.44. The molecule has 1 aromatic carbocycles. The summed E-state index contributed by atoms with van der Waals surface area (Å²) in [5, 5.41) is 0. The Morgan fingerprint density at radius 3 is 2.33 bits per heavy atom. The molecule has 2 heterocycles. The van der Waals surface area contributed by atoms with Crippen LogP contribution in [-0.4, -0.2) is 68.6 Å². The lowest BCUT2D eigenvalue weighted by Crippen LogP contribution is -2.53. The van der Waals surface area contributed by atoms with Gasteiger partial charge in [-0.3, -0.25) is 9.59 Å². The number of ether oxygens (including phenoxy) is 3. The average Bonchev–Trinajstić information content (AvgIpc) is 3.00. The fraction of sp³-hybridized carbons (Fsp3) is 0.529. The van der Waals surface area contributed by atoms with Gasteiger partial charge in [0.25, 0.3) is 5.91 Å². The van der Waals surface area contributed by atoms with Gasteiger partial charge < -0.3 is 24.0 Å². The first-order valence-corrected chi connectivity index (χ1v) is 7.97. The van der Waals surface area contributed by atoms with E-state index in [9.17, 15) is 9.59 Å². The van der Waals surface area contributed by atoms with Crippen molar-refractivity contribution in [3.8, 4) is 17.2 Å². The Labute approximate surface area is 141 Å². The van der Waals surface area contributed by atoms with Crippen LogP contribution in [0, 0.1) is 0 Å². The minimum atomic E-state index is -0.0896. The molecular formula is C17H22N2O5. The molecule has 0 spiro atoms.